The van der Waals surface area contributed by atoms with Gasteiger partial charge in [0.25, 0.3) is 5.91 Å². The summed E-state index contributed by atoms with van der Waals surface area (Å²) in [4.78, 5) is 15.7. The molecule has 2 rings (SSSR count). The lowest BCUT2D eigenvalue weighted by atomic mass is 10.2. The average molecular weight is 336 g/mol. The summed E-state index contributed by atoms with van der Waals surface area (Å²) >= 11 is 0. The molecule has 0 aliphatic carbocycles. The highest BCUT2D eigenvalue weighted by Gasteiger charge is 2.11. The average Bonchev–Trinajstić information content (AvgIpc) is 3.05. The molecular formula is C15H20N4O3S. The van der Waals surface area contributed by atoms with Crippen molar-refractivity contribution in [3.8, 4) is 0 Å². The van der Waals surface area contributed by atoms with Crippen LogP contribution in [-0.2, 0) is 16.6 Å². The Hall–Kier alpha value is -2.19. The number of sulfonamides is 1. The fourth-order valence-corrected chi connectivity index (χ4v) is 2.94. The molecule has 1 heterocycles. The van der Waals surface area contributed by atoms with Gasteiger partial charge in [0, 0.05) is 37.6 Å². The van der Waals surface area contributed by atoms with E-state index in [0.717, 1.165) is 0 Å². The molecule has 0 aliphatic heterocycles. The van der Waals surface area contributed by atoms with Gasteiger partial charge in [-0.05, 0) is 18.6 Å². The zero-order chi connectivity index (χ0) is 16.5. The van der Waals surface area contributed by atoms with Crippen molar-refractivity contribution in [1.82, 2.24) is 19.6 Å². The molecule has 1 amide bonds. The Morgan fingerprint density at radius 1 is 1.17 bits per heavy atom. The number of aromatic nitrogens is 2. The van der Waals surface area contributed by atoms with Crippen LogP contribution in [0.5, 0.6) is 0 Å². The second kappa shape index (κ2) is 8.44. The van der Waals surface area contributed by atoms with Gasteiger partial charge in [-0.15, -0.1) is 0 Å². The molecule has 2 aromatic rings. The van der Waals surface area contributed by atoms with Crippen LogP contribution in [0.15, 0.2) is 49.1 Å². The highest BCUT2D eigenvalue weighted by atomic mass is 32.2. The normalized spacial score (nSPS) is 11.3. The number of nitrogens with zero attached hydrogens (tertiary/aromatic N) is 2. The molecule has 0 saturated carbocycles. The van der Waals surface area contributed by atoms with Gasteiger partial charge in [-0.25, -0.2) is 18.1 Å². The molecule has 23 heavy (non-hydrogen) atoms. The Bertz CT molecular complexity index is 700. The summed E-state index contributed by atoms with van der Waals surface area (Å²) in [5.74, 6) is -0.419. The van der Waals surface area contributed by atoms with Crippen LogP contribution >= 0.6 is 0 Å². The number of imidazole rings is 1. The van der Waals surface area contributed by atoms with Gasteiger partial charge < -0.3 is 9.88 Å². The molecule has 2 N–H and O–H groups in total. The predicted octanol–water partition coefficient (Wildman–Crippen LogP) is 0.623. The van der Waals surface area contributed by atoms with Crippen LogP contribution in [0.25, 0.3) is 0 Å². The van der Waals surface area contributed by atoms with Gasteiger partial charge in [0.1, 0.15) is 0 Å². The molecule has 0 fully saturated rings. The molecule has 0 radical (unpaired) electrons. The summed E-state index contributed by atoms with van der Waals surface area (Å²) in [6.07, 6.45) is 5.87. The van der Waals surface area contributed by atoms with Gasteiger partial charge in [0.15, 0.2) is 0 Å². The molecule has 0 saturated heterocycles. The maximum atomic E-state index is 11.8. The molecule has 0 aliphatic rings. The molecule has 124 valence electrons. The molecule has 0 atom stereocenters. The lowest BCUT2D eigenvalue weighted by molar-refractivity contribution is 0.0956. The van der Waals surface area contributed by atoms with Gasteiger partial charge >= 0.3 is 0 Å². The van der Waals surface area contributed by atoms with Crippen molar-refractivity contribution in [1.29, 1.82) is 0 Å². The van der Waals surface area contributed by atoms with Crippen LogP contribution in [0.1, 0.15) is 16.8 Å². The third-order valence-corrected chi connectivity index (χ3v) is 4.55. The molecule has 1 aromatic heterocycles. The second-order valence-corrected chi connectivity index (χ2v) is 6.92. The maximum Gasteiger partial charge on any atom is 0.251 e. The van der Waals surface area contributed by atoms with Crippen molar-refractivity contribution in [2.45, 2.75) is 13.0 Å². The maximum absolute atomic E-state index is 11.8. The van der Waals surface area contributed by atoms with Crippen molar-refractivity contribution in [3.05, 3.63) is 54.6 Å². The summed E-state index contributed by atoms with van der Waals surface area (Å²) < 4.78 is 28.1. The first-order valence-corrected chi connectivity index (χ1v) is 8.98. The van der Waals surface area contributed by atoms with E-state index in [4.69, 9.17) is 0 Å². The minimum absolute atomic E-state index is 0.0740. The molecule has 0 bridgehead atoms. The number of nitrogens with one attached hydrogen (secondary N) is 2. The number of hydrogen-bond donors (Lipinski definition) is 2. The molecule has 0 spiro atoms. The van der Waals surface area contributed by atoms with Gasteiger partial charge in [0.2, 0.25) is 10.0 Å². The third kappa shape index (κ3) is 6.21. The standard InChI is InChI=1S/C15H20N4O3S/c20-15(14-5-2-1-3-6-14)17-9-12-23(21,22)18-7-4-10-19-11-8-16-13-19/h1-3,5-6,8,11,13,18H,4,7,9-10,12H2,(H,17,20). The zero-order valence-electron chi connectivity index (χ0n) is 12.7. The van der Waals surface area contributed by atoms with Crippen molar-refractivity contribution in [2.75, 3.05) is 18.8 Å². The summed E-state index contributed by atoms with van der Waals surface area (Å²) in [5.41, 5.74) is 0.512. The number of rotatable bonds is 9. The number of benzene rings is 1. The molecule has 0 unspecified atom stereocenters. The lowest BCUT2D eigenvalue weighted by Gasteiger charge is -2.08. The van der Waals surface area contributed by atoms with Gasteiger partial charge in [-0.2, -0.15) is 0 Å². The fraction of sp³-hybridized carbons (Fsp3) is 0.333. The number of carbonyl (C=O) groups is 1. The van der Waals surface area contributed by atoms with Crippen LogP contribution in [0.3, 0.4) is 0 Å². The molecule has 7 nitrogen and oxygen atoms in total. The van der Waals surface area contributed by atoms with E-state index in [-0.39, 0.29) is 18.2 Å². The van der Waals surface area contributed by atoms with Crippen LogP contribution in [-0.4, -0.2) is 42.7 Å². The molecular weight excluding hydrogens is 316 g/mol. The van der Waals surface area contributed by atoms with E-state index in [1.165, 1.54) is 0 Å². The fourth-order valence-electron chi connectivity index (χ4n) is 1.97. The van der Waals surface area contributed by atoms with Gasteiger partial charge in [-0.3, -0.25) is 4.79 Å². The van der Waals surface area contributed by atoms with Crippen molar-refractivity contribution < 1.29 is 13.2 Å². The first kappa shape index (κ1) is 17.2. The van der Waals surface area contributed by atoms with E-state index >= 15 is 0 Å². The Labute approximate surface area is 135 Å². The number of hydrogen-bond acceptors (Lipinski definition) is 4. The summed E-state index contributed by atoms with van der Waals surface area (Å²) in [6, 6.07) is 8.69. The monoisotopic (exact) mass is 336 g/mol. The number of aryl methyl sites for hydroxylation is 1. The minimum atomic E-state index is -3.39. The topological polar surface area (TPSA) is 93.1 Å². The van der Waals surface area contributed by atoms with E-state index in [1.807, 2.05) is 16.8 Å². The Balaban J connectivity index is 1.64. The SMILES string of the molecule is O=C(NCCS(=O)(=O)NCCCn1ccnc1)c1ccccc1. The number of carbonyl (C=O) groups excluding carboxylic acids is 1. The second-order valence-electron chi connectivity index (χ2n) is 4.99. The summed E-state index contributed by atoms with van der Waals surface area (Å²) in [5, 5.41) is 2.60. The molecule has 1 aromatic carbocycles. The highest BCUT2D eigenvalue weighted by Crippen LogP contribution is 1.97. The summed E-state index contributed by atoms with van der Waals surface area (Å²) in [7, 11) is -3.39. The Morgan fingerprint density at radius 2 is 1.96 bits per heavy atom. The largest absolute Gasteiger partial charge is 0.351 e. The molecule has 8 heteroatoms. The van der Waals surface area contributed by atoms with E-state index in [1.54, 1.807) is 36.8 Å². The van der Waals surface area contributed by atoms with E-state index in [2.05, 4.69) is 15.0 Å². The lowest BCUT2D eigenvalue weighted by Crippen LogP contribution is -2.35. The first-order chi connectivity index (χ1) is 11.1. The van der Waals surface area contributed by atoms with Crippen molar-refractivity contribution in [2.24, 2.45) is 0 Å². The van der Waals surface area contributed by atoms with Crippen LogP contribution < -0.4 is 10.0 Å². The highest BCUT2D eigenvalue weighted by molar-refractivity contribution is 7.89. The smallest absolute Gasteiger partial charge is 0.251 e. The van der Waals surface area contributed by atoms with E-state index < -0.39 is 10.0 Å². The quantitative estimate of drug-likeness (QED) is 0.657. The minimum Gasteiger partial charge on any atom is -0.351 e. The zero-order valence-corrected chi connectivity index (χ0v) is 13.5. The van der Waals surface area contributed by atoms with Crippen LogP contribution in [0.2, 0.25) is 0 Å². The van der Waals surface area contributed by atoms with Crippen molar-refractivity contribution in [3.63, 3.8) is 0 Å². The van der Waals surface area contributed by atoms with Crippen molar-refractivity contribution >= 4 is 15.9 Å². The van der Waals surface area contributed by atoms with Gasteiger partial charge in [-0.1, -0.05) is 18.2 Å². The summed E-state index contributed by atoms with van der Waals surface area (Å²) in [6.45, 7) is 1.13. The first-order valence-electron chi connectivity index (χ1n) is 7.33. The van der Waals surface area contributed by atoms with Crippen LogP contribution in [0, 0.1) is 0 Å². The van der Waals surface area contributed by atoms with E-state index in [9.17, 15) is 13.2 Å². The van der Waals surface area contributed by atoms with Gasteiger partial charge in [0.05, 0.1) is 12.1 Å². The van der Waals surface area contributed by atoms with E-state index in [0.29, 0.717) is 25.1 Å². The third-order valence-electron chi connectivity index (χ3n) is 3.17. The van der Waals surface area contributed by atoms with Crippen LogP contribution in [0.4, 0.5) is 0 Å². The Morgan fingerprint density at radius 3 is 2.65 bits per heavy atom. The number of amides is 1. The predicted molar refractivity (Wildman–Crippen MR) is 87.4 cm³/mol. The Kier molecular flexibility index (Phi) is 6.30.